The SMILES string of the molecule is COc1cc(N)c(Cl)cc1C(=O)CCC1CCN(CCNS(=O)(=O)N(C)C)CC1. The number of anilines is 1. The Hall–Kier alpha value is -1.39. The Bertz CT molecular complexity index is 809. The van der Waals surface area contributed by atoms with Crippen molar-refractivity contribution in [3.63, 3.8) is 0 Å². The molecule has 10 heteroatoms. The first-order chi connectivity index (χ1) is 13.6. The molecule has 164 valence electrons. The molecule has 0 aliphatic carbocycles. The number of carbonyl (C=O) groups is 1. The van der Waals surface area contributed by atoms with Crippen molar-refractivity contribution < 1.29 is 17.9 Å². The van der Waals surface area contributed by atoms with Crippen molar-refractivity contribution in [2.24, 2.45) is 5.92 Å². The zero-order chi connectivity index (χ0) is 21.6. The monoisotopic (exact) mass is 446 g/mol. The van der Waals surface area contributed by atoms with Crippen molar-refractivity contribution in [3.05, 3.63) is 22.7 Å². The Kier molecular flexibility index (Phi) is 8.72. The molecule has 0 saturated carbocycles. The molecular weight excluding hydrogens is 416 g/mol. The van der Waals surface area contributed by atoms with Gasteiger partial charge >= 0.3 is 0 Å². The van der Waals surface area contributed by atoms with Crippen LogP contribution in [0.2, 0.25) is 5.02 Å². The van der Waals surface area contributed by atoms with Crippen LogP contribution in [0.4, 0.5) is 5.69 Å². The number of hydrogen-bond acceptors (Lipinski definition) is 6. The second-order valence-electron chi connectivity index (χ2n) is 7.50. The summed E-state index contributed by atoms with van der Waals surface area (Å²) in [5.41, 5.74) is 6.63. The van der Waals surface area contributed by atoms with Gasteiger partial charge in [-0.15, -0.1) is 0 Å². The Labute approximate surface area is 178 Å². The summed E-state index contributed by atoms with van der Waals surface area (Å²) in [6.45, 7) is 2.88. The number of nitrogen functional groups attached to an aromatic ring is 1. The van der Waals surface area contributed by atoms with Crippen LogP contribution >= 0.6 is 11.6 Å². The number of halogens is 1. The standard InChI is InChI=1S/C19H31ClN4O4S/c1-23(2)29(26,27)22-8-11-24-9-6-14(7-10-24)4-5-18(25)15-12-16(20)17(21)13-19(15)28-3/h12-14,22H,4-11,21H2,1-3H3. The molecule has 0 radical (unpaired) electrons. The number of Topliss-reactive ketones (excluding diaryl/α,β-unsaturated/α-hetero) is 1. The molecule has 1 aromatic carbocycles. The number of hydrogen-bond donors (Lipinski definition) is 2. The van der Waals surface area contributed by atoms with Crippen LogP contribution in [0.1, 0.15) is 36.0 Å². The number of nitrogens with two attached hydrogens (primary N) is 1. The van der Waals surface area contributed by atoms with Crippen LogP contribution in [0.3, 0.4) is 0 Å². The molecule has 1 heterocycles. The number of rotatable bonds is 10. The summed E-state index contributed by atoms with van der Waals surface area (Å²) < 4.78 is 32.4. The van der Waals surface area contributed by atoms with Gasteiger partial charge in [0.05, 0.1) is 23.4 Å². The molecule has 1 aliphatic rings. The first-order valence-corrected chi connectivity index (χ1v) is 11.5. The van der Waals surface area contributed by atoms with E-state index in [4.69, 9.17) is 22.1 Å². The highest BCUT2D eigenvalue weighted by Gasteiger charge is 2.22. The normalized spacial score (nSPS) is 16.3. The Morgan fingerprint density at radius 2 is 2.00 bits per heavy atom. The van der Waals surface area contributed by atoms with E-state index in [1.54, 1.807) is 12.1 Å². The van der Waals surface area contributed by atoms with Crippen LogP contribution in [0.15, 0.2) is 12.1 Å². The Balaban J connectivity index is 1.76. The van der Waals surface area contributed by atoms with Crippen molar-refractivity contribution in [1.82, 2.24) is 13.9 Å². The number of ketones is 1. The fourth-order valence-electron chi connectivity index (χ4n) is 3.39. The van der Waals surface area contributed by atoms with Crippen molar-refractivity contribution in [3.8, 4) is 5.75 Å². The largest absolute Gasteiger partial charge is 0.496 e. The minimum atomic E-state index is -3.37. The van der Waals surface area contributed by atoms with Crippen molar-refractivity contribution in [1.29, 1.82) is 0 Å². The summed E-state index contributed by atoms with van der Waals surface area (Å²) in [6.07, 6.45) is 3.23. The van der Waals surface area contributed by atoms with Gasteiger partial charge < -0.3 is 15.4 Å². The topological polar surface area (TPSA) is 105 Å². The first kappa shape index (κ1) is 23.9. The number of methoxy groups -OCH3 is 1. The molecule has 0 bridgehead atoms. The van der Waals surface area contributed by atoms with Crippen LogP contribution in [0.5, 0.6) is 5.75 Å². The summed E-state index contributed by atoms with van der Waals surface area (Å²) >= 11 is 6.06. The molecule has 0 spiro atoms. The lowest BCUT2D eigenvalue weighted by atomic mass is 9.90. The maximum Gasteiger partial charge on any atom is 0.278 e. The van der Waals surface area contributed by atoms with Gasteiger partial charge in [-0.3, -0.25) is 4.79 Å². The van der Waals surface area contributed by atoms with E-state index in [0.717, 1.165) is 32.4 Å². The molecule has 1 aliphatic heterocycles. The van der Waals surface area contributed by atoms with Gasteiger partial charge in [-0.05, 0) is 44.3 Å². The van der Waals surface area contributed by atoms with Crippen molar-refractivity contribution in [2.45, 2.75) is 25.7 Å². The van der Waals surface area contributed by atoms with E-state index in [1.807, 2.05) is 0 Å². The van der Waals surface area contributed by atoms with Crippen LogP contribution in [-0.4, -0.2) is 70.8 Å². The van der Waals surface area contributed by atoms with Crippen LogP contribution in [-0.2, 0) is 10.2 Å². The second kappa shape index (κ2) is 10.6. The Morgan fingerprint density at radius 1 is 1.34 bits per heavy atom. The van der Waals surface area contributed by atoms with E-state index < -0.39 is 10.2 Å². The number of likely N-dealkylation sites (tertiary alicyclic amines) is 1. The number of ether oxygens (including phenoxy) is 1. The minimum absolute atomic E-state index is 0.00396. The molecule has 0 amide bonds. The summed E-state index contributed by atoms with van der Waals surface area (Å²) in [7, 11) is 1.14. The summed E-state index contributed by atoms with van der Waals surface area (Å²) in [6, 6.07) is 3.16. The lowest BCUT2D eigenvalue weighted by molar-refractivity contribution is 0.0960. The number of carbonyl (C=O) groups excluding carboxylic acids is 1. The molecule has 1 aromatic rings. The number of nitrogens with zero attached hydrogens (tertiary/aromatic N) is 2. The third kappa shape index (κ3) is 6.82. The molecule has 0 aromatic heterocycles. The highest BCUT2D eigenvalue weighted by molar-refractivity contribution is 7.87. The average Bonchev–Trinajstić information content (AvgIpc) is 2.68. The molecular formula is C19H31ClN4O4S. The van der Waals surface area contributed by atoms with Crippen LogP contribution < -0.4 is 15.2 Å². The predicted octanol–water partition coefficient (Wildman–Crippen LogP) is 2.00. The van der Waals surface area contributed by atoms with Gasteiger partial charge in [0.2, 0.25) is 0 Å². The van der Waals surface area contributed by atoms with Crippen LogP contribution in [0, 0.1) is 5.92 Å². The minimum Gasteiger partial charge on any atom is -0.496 e. The van der Waals surface area contributed by atoms with Crippen LogP contribution in [0.25, 0.3) is 0 Å². The lowest BCUT2D eigenvalue weighted by Gasteiger charge is -2.32. The number of benzene rings is 1. The smallest absolute Gasteiger partial charge is 0.278 e. The second-order valence-corrected chi connectivity index (χ2v) is 9.88. The highest BCUT2D eigenvalue weighted by atomic mass is 35.5. The fraction of sp³-hybridized carbons (Fsp3) is 0.632. The van der Waals surface area contributed by atoms with Gasteiger partial charge in [-0.25, -0.2) is 4.72 Å². The third-order valence-electron chi connectivity index (χ3n) is 5.30. The first-order valence-electron chi connectivity index (χ1n) is 9.69. The van der Waals surface area contributed by atoms with Gasteiger partial charge in [0.1, 0.15) is 5.75 Å². The molecule has 1 fully saturated rings. The van der Waals surface area contributed by atoms with E-state index in [0.29, 0.717) is 47.5 Å². The molecule has 8 nitrogen and oxygen atoms in total. The maximum atomic E-state index is 12.6. The van der Waals surface area contributed by atoms with Crippen molar-refractivity contribution in [2.75, 3.05) is 53.1 Å². The van der Waals surface area contributed by atoms with Gasteiger partial charge in [0, 0.05) is 39.7 Å². The van der Waals surface area contributed by atoms with E-state index in [1.165, 1.54) is 25.5 Å². The highest BCUT2D eigenvalue weighted by Crippen LogP contribution is 2.31. The van der Waals surface area contributed by atoms with E-state index >= 15 is 0 Å². The zero-order valence-corrected chi connectivity index (χ0v) is 18.9. The van der Waals surface area contributed by atoms with Gasteiger partial charge in [-0.2, -0.15) is 12.7 Å². The molecule has 3 N–H and O–H groups in total. The van der Waals surface area contributed by atoms with Crippen molar-refractivity contribution >= 4 is 33.3 Å². The summed E-state index contributed by atoms with van der Waals surface area (Å²) in [5.74, 6) is 0.931. The van der Waals surface area contributed by atoms with E-state index in [9.17, 15) is 13.2 Å². The molecule has 2 rings (SSSR count). The quantitative estimate of drug-likeness (QED) is 0.420. The van der Waals surface area contributed by atoms with Gasteiger partial charge in [-0.1, -0.05) is 11.6 Å². The molecule has 0 unspecified atom stereocenters. The van der Waals surface area contributed by atoms with Gasteiger partial charge in [0.15, 0.2) is 5.78 Å². The predicted molar refractivity (Wildman–Crippen MR) is 116 cm³/mol. The molecule has 29 heavy (non-hydrogen) atoms. The van der Waals surface area contributed by atoms with Gasteiger partial charge in [0.25, 0.3) is 10.2 Å². The number of piperidine rings is 1. The third-order valence-corrected chi connectivity index (χ3v) is 7.16. The van der Waals surface area contributed by atoms with E-state index in [-0.39, 0.29) is 5.78 Å². The molecule has 0 atom stereocenters. The average molecular weight is 447 g/mol. The molecule has 1 saturated heterocycles. The zero-order valence-electron chi connectivity index (χ0n) is 17.3. The summed E-state index contributed by atoms with van der Waals surface area (Å²) in [4.78, 5) is 14.9. The summed E-state index contributed by atoms with van der Waals surface area (Å²) in [5, 5.41) is 0.354. The number of nitrogens with one attached hydrogen (secondary N) is 1. The Morgan fingerprint density at radius 3 is 2.59 bits per heavy atom. The lowest BCUT2D eigenvalue weighted by Crippen LogP contribution is -2.42. The maximum absolute atomic E-state index is 12.6. The van der Waals surface area contributed by atoms with E-state index in [2.05, 4.69) is 9.62 Å². The fourth-order valence-corrected chi connectivity index (χ4v) is 4.16.